The van der Waals surface area contributed by atoms with Gasteiger partial charge in [0.15, 0.2) is 0 Å². The van der Waals surface area contributed by atoms with Crippen LogP contribution in [-0.2, 0) is 0 Å². The first-order valence-corrected chi connectivity index (χ1v) is 5.77. The summed E-state index contributed by atoms with van der Waals surface area (Å²) >= 11 is 0. The van der Waals surface area contributed by atoms with E-state index in [-0.39, 0.29) is 0 Å². The monoisotopic (exact) mass is 200 g/mol. The first kappa shape index (κ1) is 12.0. The summed E-state index contributed by atoms with van der Waals surface area (Å²) in [6.07, 6.45) is 1.70. The predicted octanol–water partition coefficient (Wildman–Crippen LogP) is 0.831. The molecule has 1 saturated heterocycles. The number of nitrogens with zero attached hydrogens (tertiary/aromatic N) is 1. The summed E-state index contributed by atoms with van der Waals surface area (Å²) in [6, 6.07) is 0.557. The van der Waals surface area contributed by atoms with E-state index in [1.54, 1.807) is 0 Å². The van der Waals surface area contributed by atoms with E-state index in [1.165, 1.54) is 0 Å². The molecular formula is C11H24N2O. The smallest absolute Gasteiger partial charge is 0.0768 e. The number of hydrogen-bond acceptors (Lipinski definition) is 3. The summed E-state index contributed by atoms with van der Waals surface area (Å²) in [7, 11) is 0. The Morgan fingerprint density at radius 2 is 2.07 bits per heavy atom. The number of aliphatic hydroxyl groups is 1. The average molecular weight is 200 g/mol. The quantitative estimate of drug-likeness (QED) is 0.705. The Kier molecular flexibility index (Phi) is 4.35. The molecule has 0 amide bonds. The van der Waals surface area contributed by atoms with Crippen molar-refractivity contribution in [2.75, 3.05) is 26.2 Å². The number of hydrogen-bond donors (Lipinski definition) is 2. The second-order valence-electron chi connectivity index (χ2n) is 4.52. The van der Waals surface area contributed by atoms with E-state index >= 15 is 0 Å². The lowest BCUT2D eigenvalue weighted by molar-refractivity contribution is -0.00923. The van der Waals surface area contributed by atoms with Crippen molar-refractivity contribution in [3.63, 3.8) is 0 Å². The number of rotatable bonds is 4. The summed E-state index contributed by atoms with van der Waals surface area (Å²) < 4.78 is 0. The van der Waals surface area contributed by atoms with Crippen molar-refractivity contribution in [1.82, 2.24) is 10.2 Å². The Bertz CT molecular complexity index is 169. The standard InChI is InChI=1S/C11H24N2O/c1-4-11(14,5-2)9-13-7-6-12-10(3)8-13/h10,12,14H,4-9H2,1-3H3/t10-/m0/s1. The van der Waals surface area contributed by atoms with E-state index in [4.69, 9.17) is 0 Å². The molecule has 1 aliphatic heterocycles. The van der Waals surface area contributed by atoms with Crippen molar-refractivity contribution in [3.05, 3.63) is 0 Å². The van der Waals surface area contributed by atoms with Gasteiger partial charge in [0, 0.05) is 32.2 Å². The van der Waals surface area contributed by atoms with Crippen molar-refractivity contribution >= 4 is 0 Å². The molecule has 14 heavy (non-hydrogen) atoms. The van der Waals surface area contributed by atoms with Gasteiger partial charge in [-0.15, -0.1) is 0 Å². The lowest BCUT2D eigenvalue weighted by Gasteiger charge is -2.37. The zero-order valence-electron chi connectivity index (χ0n) is 9.71. The molecule has 0 spiro atoms. The predicted molar refractivity (Wildman–Crippen MR) is 59.4 cm³/mol. The Labute approximate surface area is 87.5 Å². The molecule has 0 saturated carbocycles. The minimum Gasteiger partial charge on any atom is -0.389 e. The number of nitrogens with one attached hydrogen (secondary N) is 1. The normalized spacial score (nSPS) is 25.3. The van der Waals surface area contributed by atoms with Crippen LogP contribution >= 0.6 is 0 Å². The maximum atomic E-state index is 10.2. The molecule has 0 aromatic heterocycles. The first-order valence-electron chi connectivity index (χ1n) is 5.77. The number of piperazine rings is 1. The Balaban J connectivity index is 2.41. The van der Waals surface area contributed by atoms with Crippen LogP contribution in [0.15, 0.2) is 0 Å². The molecule has 2 N–H and O–H groups in total. The Hall–Kier alpha value is -0.120. The molecule has 0 aromatic rings. The Morgan fingerprint density at radius 3 is 2.57 bits per heavy atom. The van der Waals surface area contributed by atoms with E-state index in [9.17, 15) is 5.11 Å². The number of β-amino-alcohol motifs (C(OH)–C–C–N with tert-alkyl or cyclic N) is 1. The molecule has 1 rings (SSSR count). The van der Waals surface area contributed by atoms with Crippen LogP contribution in [0.2, 0.25) is 0 Å². The fourth-order valence-corrected chi connectivity index (χ4v) is 2.05. The molecule has 0 aliphatic carbocycles. The lowest BCUT2D eigenvalue weighted by Crippen LogP contribution is -2.53. The maximum Gasteiger partial charge on any atom is 0.0768 e. The van der Waals surface area contributed by atoms with Crippen LogP contribution in [0.25, 0.3) is 0 Å². The topological polar surface area (TPSA) is 35.5 Å². The second-order valence-corrected chi connectivity index (χ2v) is 4.52. The van der Waals surface area contributed by atoms with Crippen molar-refractivity contribution in [2.24, 2.45) is 0 Å². The average Bonchev–Trinajstić information content (AvgIpc) is 2.18. The first-order chi connectivity index (χ1) is 6.59. The van der Waals surface area contributed by atoms with E-state index in [0.29, 0.717) is 6.04 Å². The molecule has 3 heteroatoms. The third kappa shape index (κ3) is 3.23. The highest BCUT2D eigenvalue weighted by molar-refractivity contribution is 4.83. The molecule has 1 heterocycles. The molecule has 3 nitrogen and oxygen atoms in total. The highest BCUT2D eigenvalue weighted by Gasteiger charge is 2.27. The molecule has 1 fully saturated rings. The summed E-state index contributed by atoms with van der Waals surface area (Å²) in [5.41, 5.74) is -0.475. The van der Waals surface area contributed by atoms with Crippen LogP contribution in [0.5, 0.6) is 0 Å². The third-order valence-corrected chi connectivity index (χ3v) is 3.29. The van der Waals surface area contributed by atoms with Crippen molar-refractivity contribution in [2.45, 2.75) is 45.3 Å². The van der Waals surface area contributed by atoms with Crippen LogP contribution in [-0.4, -0.2) is 47.8 Å². The van der Waals surface area contributed by atoms with Gasteiger partial charge in [-0.2, -0.15) is 0 Å². The van der Waals surface area contributed by atoms with Crippen LogP contribution < -0.4 is 5.32 Å². The molecule has 84 valence electrons. The van der Waals surface area contributed by atoms with Crippen LogP contribution in [0.4, 0.5) is 0 Å². The second kappa shape index (κ2) is 5.10. The summed E-state index contributed by atoms with van der Waals surface area (Å²) in [5, 5.41) is 13.6. The summed E-state index contributed by atoms with van der Waals surface area (Å²) in [5.74, 6) is 0. The van der Waals surface area contributed by atoms with Gasteiger partial charge in [-0.1, -0.05) is 13.8 Å². The fraction of sp³-hybridized carbons (Fsp3) is 1.00. The van der Waals surface area contributed by atoms with Crippen LogP contribution in [0.3, 0.4) is 0 Å². The van der Waals surface area contributed by atoms with Crippen LogP contribution in [0, 0.1) is 0 Å². The van der Waals surface area contributed by atoms with Gasteiger partial charge in [0.05, 0.1) is 5.60 Å². The van der Waals surface area contributed by atoms with Gasteiger partial charge >= 0.3 is 0 Å². The van der Waals surface area contributed by atoms with Crippen molar-refractivity contribution in [1.29, 1.82) is 0 Å². The van der Waals surface area contributed by atoms with E-state index in [0.717, 1.165) is 39.0 Å². The molecule has 1 atom stereocenters. The van der Waals surface area contributed by atoms with E-state index in [1.807, 2.05) is 0 Å². The van der Waals surface area contributed by atoms with Gasteiger partial charge in [-0.3, -0.25) is 4.90 Å². The summed E-state index contributed by atoms with van der Waals surface area (Å²) in [6.45, 7) is 10.3. The van der Waals surface area contributed by atoms with Gasteiger partial charge in [-0.25, -0.2) is 0 Å². The molecule has 0 radical (unpaired) electrons. The van der Waals surface area contributed by atoms with Gasteiger partial charge in [-0.05, 0) is 19.8 Å². The SMILES string of the molecule is CCC(O)(CC)CN1CCN[C@@H](C)C1. The molecule has 0 unspecified atom stereocenters. The van der Waals surface area contributed by atoms with Crippen molar-refractivity contribution < 1.29 is 5.11 Å². The van der Waals surface area contributed by atoms with E-state index in [2.05, 4.69) is 31.0 Å². The fourth-order valence-electron chi connectivity index (χ4n) is 2.05. The third-order valence-electron chi connectivity index (χ3n) is 3.29. The Morgan fingerprint density at radius 1 is 1.43 bits per heavy atom. The van der Waals surface area contributed by atoms with E-state index < -0.39 is 5.60 Å². The minimum atomic E-state index is -0.475. The van der Waals surface area contributed by atoms with Crippen molar-refractivity contribution in [3.8, 4) is 0 Å². The summed E-state index contributed by atoms with van der Waals surface area (Å²) in [4.78, 5) is 2.37. The highest BCUT2D eigenvalue weighted by Crippen LogP contribution is 2.17. The van der Waals surface area contributed by atoms with Gasteiger partial charge < -0.3 is 10.4 Å². The minimum absolute atomic E-state index is 0.475. The molecule has 1 aliphatic rings. The lowest BCUT2D eigenvalue weighted by atomic mass is 9.96. The molecule has 0 aromatic carbocycles. The zero-order valence-corrected chi connectivity index (χ0v) is 9.71. The maximum absolute atomic E-state index is 10.2. The highest BCUT2D eigenvalue weighted by atomic mass is 16.3. The largest absolute Gasteiger partial charge is 0.389 e. The zero-order chi connectivity index (χ0) is 10.6. The molecular weight excluding hydrogens is 176 g/mol. The van der Waals surface area contributed by atoms with Gasteiger partial charge in [0.1, 0.15) is 0 Å². The molecule has 0 bridgehead atoms. The van der Waals surface area contributed by atoms with Gasteiger partial charge in [0.25, 0.3) is 0 Å². The van der Waals surface area contributed by atoms with Gasteiger partial charge in [0.2, 0.25) is 0 Å². The van der Waals surface area contributed by atoms with Crippen LogP contribution in [0.1, 0.15) is 33.6 Å².